The molecule has 0 spiro atoms. The molecule has 1 saturated carbocycles. The van der Waals surface area contributed by atoms with Crippen LogP contribution in [0.2, 0.25) is 0 Å². The minimum Gasteiger partial charge on any atom is -0.496 e. The molecule has 0 bridgehead atoms. The number of aliphatic hydroxyl groups is 1. The number of nitrogens with one attached hydrogen (secondary N) is 3. The lowest BCUT2D eigenvalue weighted by Crippen LogP contribution is -2.63. The summed E-state index contributed by atoms with van der Waals surface area (Å²) in [6, 6.07) is 14.7. The van der Waals surface area contributed by atoms with Gasteiger partial charge in [-0.05, 0) is 77.3 Å². The molecule has 2 fully saturated rings. The van der Waals surface area contributed by atoms with Crippen molar-refractivity contribution >= 4 is 21.7 Å². The summed E-state index contributed by atoms with van der Waals surface area (Å²) in [6.45, 7) is 10.1. The van der Waals surface area contributed by atoms with Gasteiger partial charge in [-0.2, -0.15) is 0 Å². The Bertz CT molecular complexity index is 1510. The van der Waals surface area contributed by atoms with Crippen molar-refractivity contribution in [1.82, 2.24) is 20.9 Å². The van der Waals surface area contributed by atoms with E-state index in [-0.39, 0.29) is 25.0 Å². The molecule has 2 amide bonds. The van der Waals surface area contributed by atoms with Crippen LogP contribution in [0.25, 0.3) is 0 Å². The number of hydrogen-bond donors (Lipinski definition) is 4. The molecule has 1 aliphatic carbocycles. The number of β-amino-alcohol motifs (C(OH)–C–C–N with tert-alkyl or cyclic N) is 1. The third-order valence-electron chi connectivity index (χ3n) is 10.4. The van der Waals surface area contributed by atoms with Crippen molar-refractivity contribution < 1.29 is 27.9 Å². The van der Waals surface area contributed by atoms with Crippen LogP contribution in [0.15, 0.2) is 54.6 Å². The molecule has 0 radical (unpaired) electrons. The number of nitrogens with zero attached hydrogens (tertiary/aromatic N) is 1. The molecule has 0 aromatic heterocycles. The second kappa shape index (κ2) is 16.4. The molecular weight excluding hydrogens is 641 g/mol. The number of carbonyl (C=O) groups is 2. The Morgan fingerprint density at radius 2 is 1.61 bits per heavy atom. The summed E-state index contributed by atoms with van der Waals surface area (Å²) in [5, 5.41) is 21.4. The first kappa shape index (κ1) is 38.8. The number of hydrogen-bond acceptors (Lipinski definition) is 8. The number of benzene rings is 2. The number of para-hydroxylation sites is 1. The molecule has 2 aliphatic rings. The van der Waals surface area contributed by atoms with E-state index in [0.29, 0.717) is 30.6 Å². The first-order valence-corrected chi connectivity index (χ1v) is 19.5. The van der Waals surface area contributed by atoms with Crippen molar-refractivity contribution in [3.8, 4) is 5.75 Å². The van der Waals surface area contributed by atoms with E-state index in [1.165, 1.54) is 26.7 Å². The average Bonchev–Trinajstić information content (AvgIpc) is 3.03. The van der Waals surface area contributed by atoms with Gasteiger partial charge in [-0.25, -0.2) is 8.42 Å². The van der Waals surface area contributed by atoms with Crippen molar-refractivity contribution in [2.24, 2.45) is 11.8 Å². The first-order chi connectivity index (χ1) is 23.0. The lowest BCUT2D eigenvalue weighted by atomic mass is 9.72. The number of ether oxygens (including phenoxy) is 1. The Kier molecular flexibility index (Phi) is 13.0. The van der Waals surface area contributed by atoms with Crippen molar-refractivity contribution in [3.05, 3.63) is 65.7 Å². The van der Waals surface area contributed by atoms with Gasteiger partial charge in [0.1, 0.15) is 11.8 Å². The third kappa shape index (κ3) is 10.3. The van der Waals surface area contributed by atoms with Crippen LogP contribution >= 0.6 is 0 Å². The standard InChI is InChI=1S/C38H58N4O6S/c1-37(2,3)41-35(44)31-22-27-17-11-12-19-29(27)24-42(31)25-32(43)30(21-26-15-9-8-10-16-26)40-36(45)34(38(4,5)49(7,46)47)39-23-28-18-13-14-20-33(28)48-6/h8-10,13-16,18,20,27,29-32,34,39,43H,11-12,17,19,21-25H2,1-7H3,(H,40,45)(H,41,44). The van der Waals surface area contributed by atoms with E-state index in [1.54, 1.807) is 7.11 Å². The van der Waals surface area contributed by atoms with Crippen LogP contribution in [0.1, 0.15) is 77.8 Å². The molecule has 1 heterocycles. The van der Waals surface area contributed by atoms with Crippen LogP contribution < -0.4 is 20.7 Å². The van der Waals surface area contributed by atoms with Gasteiger partial charge in [0.2, 0.25) is 11.8 Å². The summed E-state index contributed by atoms with van der Waals surface area (Å²) in [5.41, 5.74) is 1.30. The summed E-state index contributed by atoms with van der Waals surface area (Å²) in [7, 11) is -2.15. The highest BCUT2D eigenvalue weighted by molar-refractivity contribution is 7.92. The lowest BCUT2D eigenvalue weighted by Gasteiger charge is -2.47. The predicted molar refractivity (Wildman–Crippen MR) is 194 cm³/mol. The third-order valence-corrected chi connectivity index (χ3v) is 12.6. The quantitative estimate of drug-likeness (QED) is 0.234. The molecule has 10 nitrogen and oxygen atoms in total. The van der Waals surface area contributed by atoms with Crippen molar-refractivity contribution in [3.63, 3.8) is 0 Å². The molecule has 272 valence electrons. The topological polar surface area (TPSA) is 137 Å². The summed E-state index contributed by atoms with van der Waals surface area (Å²) in [4.78, 5) is 30.0. The molecule has 4 rings (SSSR count). The fraction of sp³-hybridized carbons (Fsp3) is 0.632. The molecule has 2 aromatic rings. The van der Waals surface area contributed by atoms with E-state index in [0.717, 1.165) is 36.6 Å². The summed E-state index contributed by atoms with van der Waals surface area (Å²) in [5.74, 6) is 0.989. The molecule has 6 atom stereocenters. The molecule has 11 heteroatoms. The maximum Gasteiger partial charge on any atom is 0.239 e. The Labute approximate surface area is 293 Å². The zero-order valence-electron chi connectivity index (χ0n) is 30.4. The van der Waals surface area contributed by atoms with Crippen molar-refractivity contribution in [2.75, 3.05) is 26.5 Å². The highest BCUT2D eigenvalue weighted by atomic mass is 32.2. The molecule has 4 N–H and O–H groups in total. The zero-order valence-corrected chi connectivity index (χ0v) is 31.2. The Morgan fingerprint density at radius 1 is 0.980 bits per heavy atom. The predicted octanol–water partition coefficient (Wildman–Crippen LogP) is 3.86. The van der Waals surface area contributed by atoms with E-state index in [2.05, 4.69) is 20.9 Å². The fourth-order valence-electron chi connectivity index (χ4n) is 7.34. The maximum absolute atomic E-state index is 14.3. The van der Waals surface area contributed by atoms with Gasteiger partial charge in [0, 0.05) is 37.0 Å². The van der Waals surface area contributed by atoms with Crippen LogP contribution in [-0.4, -0.2) is 91.2 Å². The minimum atomic E-state index is -3.72. The Hall–Kier alpha value is -2.99. The number of piperidine rings is 1. The van der Waals surface area contributed by atoms with E-state index in [4.69, 9.17) is 4.74 Å². The number of sulfone groups is 1. The largest absolute Gasteiger partial charge is 0.496 e. The zero-order chi connectivity index (χ0) is 36.0. The van der Waals surface area contributed by atoms with Crippen LogP contribution in [0.4, 0.5) is 0 Å². The summed E-state index contributed by atoms with van der Waals surface area (Å²) in [6.07, 6.45) is 5.73. The average molecular weight is 699 g/mol. The molecule has 2 aromatic carbocycles. The second-order valence-electron chi connectivity index (χ2n) is 15.6. The lowest BCUT2D eigenvalue weighted by molar-refractivity contribution is -0.133. The second-order valence-corrected chi connectivity index (χ2v) is 18.2. The highest BCUT2D eigenvalue weighted by Crippen LogP contribution is 2.39. The van der Waals surface area contributed by atoms with Gasteiger partial charge in [-0.15, -0.1) is 0 Å². The van der Waals surface area contributed by atoms with Crippen LogP contribution in [0, 0.1) is 11.8 Å². The van der Waals surface area contributed by atoms with Gasteiger partial charge in [0.05, 0.1) is 30.0 Å². The first-order valence-electron chi connectivity index (χ1n) is 17.6. The maximum atomic E-state index is 14.3. The van der Waals surface area contributed by atoms with Gasteiger partial charge >= 0.3 is 0 Å². The number of amides is 2. The number of carbonyl (C=O) groups excluding carboxylic acids is 2. The smallest absolute Gasteiger partial charge is 0.239 e. The van der Waals surface area contributed by atoms with Crippen LogP contribution in [0.3, 0.4) is 0 Å². The number of rotatable bonds is 14. The van der Waals surface area contributed by atoms with Gasteiger partial charge < -0.3 is 25.8 Å². The number of methoxy groups -OCH3 is 1. The summed E-state index contributed by atoms with van der Waals surface area (Å²) < 4.78 is 30.2. The number of likely N-dealkylation sites (tertiary alicyclic amines) is 1. The minimum absolute atomic E-state index is 0.0390. The summed E-state index contributed by atoms with van der Waals surface area (Å²) >= 11 is 0. The van der Waals surface area contributed by atoms with Crippen molar-refractivity contribution in [1.29, 1.82) is 0 Å². The Balaban J connectivity index is 1.62. The van der Waals surface area contributed by atoms with E-state index < -0.39 is 44.2 Å². The molecule has 6 unspecified atom stereocenters. The van der Waals surface area contributed by atoms with E-state index in [9.17, 15) is 23.1 Å². The monoisotopic (exact) mass is 698 g/mol. The van der Waals surface area contributed by atoms with Crippen LogP contribution in [0.5, 0.6) is 5.75 Å². The van der Waals surface area contributed by atoms with Crippen LogP contribution in [-0.2, 0) is 32.4 Å². The highest BCUT2D eigenvalue weighted by Gasteiger charge is 2.45. The molecule has 49 heavy (non-hydrogen) atoms. The molecule has 1 saturated heterocycles. The SMILES string of the molecule is COc1ccccc1CNC(C(=O)NC(Cc1ccccc1)C(O)CN1CC2CCCCC2CC1C(=O)NC(C)(C)C)C(C)(C)S(C)(=O)=O. The number of aliphatic hydroxyl groups excluding tert-OH is 1. The van der Waals surface area contributed by atoms with E-state index >= 15 is 0 Å². The number of fused-ring (bicyclic) bond motifs is 1. The van der Waals surface area contributed by atoms with Gasteiger partial charge in [-0.1, -0.05) is 67.8 Å². The fourth-order valence-corrected chi connectivity index (χ4v) is 7.96. The van der Waals surface area contributed by atoms with Gasteiger partial charge in [0.25, 0.3) is 0 Å². The van der Waals surface area contributed by atoms with Crippen molar-refractivity contribution in [2.45, 2.75) is 114 Å². The van der Waals surface area contributed by atoms with Gasteiger partial charge in [-0.3, -0.25) is 14.5 Å². The normalized spacial score (nSPS) is 22.3. The van der Waals surface area contributed by atoms with Gasteiger partial charge in [0.15, 0.2) is 9.84 Å². The molecule has 1 aliphatic heterocycles. The Morgan fingerprint density at radius 3 is 2.24 bits per heavy atom. The van der Waals surface area contributed by atoms with E-state index in [1.807, 2.05) is 75.4 Å². The molecular formula is C38H58N4O6S.